The van der Waals surface area contributed by atoms with E-state index < -0.39 is 0 Å². The van der Waals surface area contributed by atoms with Crippen LogP contribution in [0.2, 0.25) is 5.02 Å². The molecular weight excluding hydrogens is 367 g/mol. The van der Waals surface area contributed by atoms with Crippen LogP contribution in [-0.2, 0) is 0 Å². The van der Waals surface area contributed by atoms with Crippen LogP contribution in [0.15, 0.2) is 54.6 Å². The van der Waals surface area contributed by atoms with Crippen LogP contribution in [0.4, 0.5) is 5.69 Å². The van der Waals surface area contributed by atoms with Gasteiger partial charge in [-0.2, -0.15) is 0 Å². The molecule has 0 bridgehead atoms. The first-order valence-corrected chi connectivity index (χ1v) is 8.10. The van der Waals surface area contributed by atoms with Crippen molar-refractivity contribution in [2.45, 2.75) is 0 Å². The minimum absolute atomic E-state index is 0. The van der Waals surface area contributed by atoms with Crippen LogP contribution in [0.3, 0.4) is 0 Å². The summed E-state index contributed by atoms with van der Waals surface area (Å²) in [5.74, 6) is 0.843. The number of ether oxygens (including phenoxy) is 1. The van der Waals surface area contributed by atoms with E-state index in [1.165, 1.54) is 5.69 Å². The SMILES string of the molecule is Clc1cccc(OCCN2CCN(c3ccccc3)CC2)c1.[Cl-].[Cl-]. The van der Waals surface area contributed by atoms with Gasteiger partial charge in [0.05, 0.1) is 0 Å². The summed E-state index contributed by atoms with van der Waals surface area (Å²) in [7, 11) is 0. The third kappa shape index (κ3) is 6.06. The van der Waals surface area contributed by atoms with E-state index in [0.717, 1.165) is 38.5 Å². The van der Waals surface area contributed by atoms with E-state index in [4.69, 9.17) is 16.3 Å². The Bertz CT molecular complexity index is 590. The minimum Gasteiger partial charge on any atom is -1.00 e. The van der Waals surface area contributed by atoms with Gasteiger partial charge < -0.3 is 34.5 Å². The van der Waals surface area contributed by atoms with Crippen LogP contribution < -0.4 is 34.5 Å². The monoisotopic (exact) mass is 386 g/mol. The van der Waals surface area contributed by atoms with Crippen LogP contribution >= 0.6 is 11.6 Å². The van der Waals surface area contributed by atoms with Crippen LogP contribution in [0.1, 0.15) is 0 Å². The topological polar surface area (TPSA) is 15.7 Å². The fraction of sp³-hybridized carbons (Fsp3) is 0.333. The van der Waals surface area contributed by atoms with Crippen LogP contribution in [0, 0.1) is 0 Å². The molecule has 6 heteroatoms. The molecule has 0 unspecified atom stereocenters. The molecule has 3 nitrogen and oxygen atoms in total. The van der Waals surface area contributed by atoms with Crippen molar-refractivity contribution in [2.75, 3.05) is 44.2 Å². The van der Waals surface area contributed by atoms with Crippen LogP contribution in [0.5, 0.6) is 5.75 Å². The lowest BCUT2D eigenvalue weighted by molar-refractivity contribution is -0.00100. The molecule has 0 N–H and O–H groups in total. The van der Waals surface area contributed by atoms with Gasteiger partial charge in [0.1, 0.15) is 12.4 Å². The van der Waals surface area contributed by atoms with Gasteiger partial charge in [0.15, 0.2) is 0 Å². The summed E-state index contributed by atoms with van der Waals surface area (Å²) in [5, 5.41) is 0.717. The molecule has 24 heavy (non-hydrogen) atoms. The maximum atomic E-state index is 5.95. The third-order valence-electron chi connectivity index (χ3n) is 3.97. The highest BCUT2D eigenvalue weighted by atomic mass is 35.5. The summed E-state index contributed by atoms with van der Waals surface area (Å²) >= 11 is 5.95. The number of hydrogen-bond donors (Lipinski definition) is 0. The Morgan fingerprint density at radius 1 is 0.875 bits per heavy atom. The Morgan fingerprint density at radius 3 is 2.25 bits per heavy atom. The highest BCUT2D eigenvalue weighted by Crippen LogP contribution is 2.18. The molecule has 0 spiro atoms. The summed E-state index contributed by atoms with van der Waals surface area (Å²) in [5.41, 5.74) is 1.32. The van der Waals surface area contributed by atoms with Crippen LogP contribution in [0.25, 0.3) is 0 Å². The van der Waals surface area contributed by atoms with Crippen molar-refractivity contribution in [2.24, 2.45) is 0 Å². The zero-order valence-electron chi connectivity index (χ0n) is 13.4. The molecule has 1 aliphatic rings. The first kappa shape index (κ1) is 20.9. The Balaban J connectivity index is 0.00000144. The predicted molar refractivity (Wildman–Crippen MR) is 92.0 cm³/mol. The second-order valence-electron chi connectivity index (χ2n) is 5.47. The van der Waals surface area contributed by atoms with Crippen molar-refractivity contribution in [3.63, 3.8) is 0 Å². The van der Waals surface area contributed by atoms with Gasteiger partial charge in [-0.3, -0.25) is 4.90 Å². The van der Waals surface area contributed by atoms with Gasteiger partial charge in [0, 0.05) is 43.4 Å². The molecule has 0 atom stereocenters. The number of nitrogens with zero attached hydrogens (tertiary/aromatic N) is 2. The largest absolute Gasteiger partial charge is 1.00 e. The maximum absolute atomic E-state index is 5.95. The van der Waals surface area contributed by atoms with E-state index in [2.05, 4.69) is 40.1 Å². The highest BCUT2D eigenvalue weighted by Gasteiger charge is 2.16. The van der Waals surface area contributed by atoms with E-state index in [-0.39, 0.29) is 24.8 Å². The van der Waals surface area contributed by atoms with Crippen molar-refractivity contribution in [1.29, 1.82) is 0 Å². The number of para-hydroxylation sites is 1. The zero-order valence-corrected chi connectivity index (χ0v) is 15.6. The molecule has 132 valence electrons. The molecule has 3 rings (SSSR count). The fourth-order valence-corrected chi connectivity index (χ4v) is 2.90. The van der Waals surface area contributed by atoms with Crippen molar-refractivity contribution < 1.29 is 29.6 Å². The average molecular weight is 388 g/mol. The summed E-state index contributed by atoms with van der Waals surface area (Å²) in [6.45, 7) is 5.95. The Morgan fingerprint density at radius 2 is 1.58 bits per heavy atom. The number of hydrogen-bond acceptors (Lipinski definition) is 3. The molecule has 1 fully saturated rings. The summed E-state index contributed by atoms with van der Waals surface area (Å²) in [4.78, 5) is 4.89. The van der Waals surface area contributed by atoms with Gasteiger partial charge in [-0.05, 0) is 30.3 Å². The van der Waals surface area contributed by atoms with Gasteiger partial charge in [-0.1, -0.05) is 35.9 Å². The average Bonchev–Trinajstić information content (AvgIpc) is 2.56. The number of anilines is 1. The number of rotatable bonds is 5. The first-order chi connectivity index (χ1) is 10.8. The van der Waals surface area contributed by atoms with Crippen molar-refractivity contribution in [3.05, 3.63) is 59.6 Å². The summed E-state index contributed by atoms with van der Waals surface area (Å²) in [6, 6.07) is 18.2. The normalized spacial score (nSPS) is 14.5. The van der Waals surface area contributed by atoms with E-state index >= 15 is 0 Å². The minimum atomic E-state index is 0. The highest BCUT2D eigenvalue weighted by molar-refractivity contribution is 6.30. The molecule has 0 saturated carbocycles. The lowest BCUT2D eigenvalue weighted by Gasteiger charge is -2.36. The van der Waals surface area contributed by atoms with E-state index in [1.807, 2.05) is 24.3 Å². The quantitative estimate of drug-likeness (QED) is 0.566. The third-order valence-corrected chi connectivity index (χ3v) is 4.20. The fourth-order valence-electron chi connectivity index (χ4n) is 2.72. The number of benzene rings is 2. The van der Waals surface area contributed by atoms with Crippen LogP contribution in [-0.4, -0.2) is 44.2 Å². The Labute approximate surface area is 161 Å². The van der Waals surface area contributed by atoms with Gasteiger partial charge in [-0.25, -0.2) is 0 Å². The van der Waals surface area contributed by atoms with Crippen molar-refractivity contribution in [3.8, 4) is 5.75 Å². The zero-order chi connectivity index (χ0) is 15.2. The number of halogens is 3. The Kier molecular flexibility index (Phi) is 9.30. The van der Waals surface area contributed by atoms with E-state index in [0.29, 0.717) is 11.6 Å². The maximum Gasteiger partial charge on any atom is 0.120 e. The molecule has 0 aromatic heterocycles. The molecule has 2 aromatic carbocycles. The summed E-state index contributed by atoms with van der Waals surface area (Å²) in [6.07, 6.45) is 0. The molecule has 0 radical (unpaired) electrons. The molecule has 1 heterocycles. The van der Waals surface area contributed by atoms with Gasteiger partial charge in [0.2, 0.25) is 0 Å². The second-order valence-corrected chi connectivity index (χ2v) is 5.91. The Hall–Kier alpha value is -1.13. The lowest BCUT2D eigenvalue weighted by atomic mass is 10.2. The van der Waals surface area contributed by atoms with Gasteiger partial charge in [0.25, 0.3) is 0 Å². The molecule has 2 aromatic rings. The van der Waals surface area contributed by atoms with Crippen molar-refractivity contribution in [1.82, 2.24) is 4.90 Å². The first-order valence-electron chi connectivity index (χ1n) is 7.72. The second kappa shape index (κ2) is 10.7. The molecule has 1 aliphatic heterocycles. The van der Waals surface area contributed by atoms with Gasteiger partial charge >= 0.3 is 0 Å². The predicted octanol–water partition coefficient (Wildman–Crippen LogP) is -2.45. The standard InChI is InChI=1S/C18H21ClN2O.2ClH/c19-16-5-4-8-18(15-16)22-14-13-20-9-11-21(12-10-20)17-6-2-1-3-7-17;;/h1-8,15H,9-14H2;2*1H/p-2. The molecule has 0 aliphatic carbocycles. The molecule has 0 amide bonds. The molecular formula is C18H21Cl3N2O-2. The summed E-state index contributed by atoms with van der Waals surface area (Å²) < 4.78 is 5.76. The molecule has 1 saturated heterocycles. The van der Waals surface area contributed by atoms with E-state index in [9.17, 15) is 0 Å². The van der Waals surface area contributed by atoms with Gasteiger partial charge in [-0.15, -0.1) is 0 Å². The lowest BCUT2D eigenvalue weighted by Crippen LogP contribution is -3.00. The van der Waals surface area contributed by atoms with E-state index in [1.54, 1.807) is 0 Å². The smallest absolute Gasteiger partial charge is 0.120 e. The van der Waals surface area contributed by atoms with Crippen molar-refractivity contribution >= 4 is 17.3 Å². The number of piperazine rings is 1.